The van der Waals surface area contributed by atoms with E-state index in [1.807, 2.05) is 4.57 Å². The number of benzene rings is 2. The summed E-state index contributed by atoms with van der Waals surface area (Å²) in [5.74, 6) is 1.37. The van der Waals surface area contributed by atoms with Crippen molar-refractivity contribution in [2.24, 2.45) is 0 Å². The summed E-state index contributed by atoms with van der Waals surface area (Å²) >= 11 is 0. The molecule has 0 aliphatic rings. The maximum absolute atomic E-state index is 13.9. The second kappa shape index (κ2) is 7.23. The van der Waals surface area contributed by atoms with Gasteiger partial charge in [-0.05, 0) is 11.5 Å². The first-order valence-corrected chi connectivity index (χ1v) is 8.38. The number of imidazole rings is 1. The fourth-order valence-corrected chi connectivity index (χ4v) is 2.99. The topological polar surface area (TPSA) is 36.3 Å². The van der Waals surface area contributed by atoms with Crippen LogP contribution in [0.15, 0.2) is 36.4 Å². The van der Waals surface area contributed by atoms with Gasteiger partial charge in [0.05, 0.1) is 19.2 Å². The van der Waals surface area contributed by atoms with Crippen LogP contribution in [0.25, 0.3) is 22.4 Å². The Bertz CT molecular complexity index is 870. The zero-order chi connectivity index (χ0) is 18.0. The molecule has 0 saturated carbocycles. The molecule has 2 aromatic carbocycles. The largest absolute Gasteiger partial charge is 0.494 e. The molecule has 0 unspecified atom stereocenters. The number of fused-ring (bicyclic) bond motifs is 1. The Labute approximate surface area is 147 Å². The van der Waals surface area contributed by atoms with Crippen molar-refractivity contribution < 1.29 is 13.9 Å². The van der Waals surface area contributed by atoms with E-state index in [0.29, 0.717) is 30.3 Å². The van der Waals surface area contributed by atoms with E-state index in [9.17, 15) is 4.39 Å². The normalized spacial score (nSPS) is 11.4. The van der Waals surface area contributed by atoms with Gasteiger partial charge in [0.25, 0.3) is 0 Å². The van der Waals surface area contributed by atoms with Crippen LogP contribution in [0, 0.1) is 5.82 Å². The molecule has 0 bridgehead atoms. The molecule has 0 fully saturated rings. The molecule has 1 heterocycles. The molecule has 0 aliphatic carbocycles. The minimum atomic E-state index is -0.359. The summed E-state index contributed by atoms with van der Waals surface area (Å²) in [6.45, 7) is 5.46. The predicted octanol–water partition coefficient (Wildman–Crippen LogP) is 4.62. The lowest BCUT2D eigenvalue weighted by molar-refractivity contribution is 0.188. The van der Waals surface area contributed by atoms with Crippen molar-refractivity contribution in [1.82, 2.24) is 9.55 Å². The van der Waals surface area contributed by atoms with E-state index in [2.05, 4.69) is 43.1 Å². The molecule has 0 saturated heterocycles. The molecule has 0 N–H and O–H groups in total. The quantitative estimate of drug-likeness (QED) is 0.656. The molecule has 0 aliphatic heterocycles. The Morgan fingerprint density at radius 2 is 1.84 bits per heavy atom. The maximum atomic E-state index is 13.9. The van der Waals surface area contributed by atoms with Crippen LogP contribution >= 0.6 is 0 Å². The minimum absolute atomic E-state index is 0.359. The molecule has 3 aromatic rings. The highest BCUT2D eigenvalue weighted by Crippen LogP contribution is 2.32. The zero-order valence-electron chi connectivity index (χ0n) is 15.0. The van der Waals surface area contributed by atoms with Gasteiger partial charge in [-0.15, -0.1) is 0 Å². The standard InChI is InChI=1S/C20H23FN2O2/c1-13(2)14-5-7-15(8-6-14)20-22-17-11-16(21)12-18(25-4)19(17)23(20)9-10-24-3/h5-8,11-13H,9-10H2,1-4H3. The van der Waals surface area contributed by atoms with Crippen molar-refractivity contribution >= 4 is 11.0 Å². The second-order valence-corrected chi connectivity index (χ2v) is 6.33. The Kier molecular flexibility index (Phi) is 5.04. The van der Waals surface area contributed by atoms with Gasteiger partial charge in [-0.3, -0.25) is 0 Å². The molecule has 0 spiro atoms. The van der Waals surface area contributed by atoms with Gasteiger partial charge >= 0.3 is 0 Å². The summed E-state index contributed by atoms with van der Waals surface area (Å²) in [7, 11) is 3.20. The Morgan fingerprint density at radius 1 is 1.12 bits per heavy atom. The summed E-state index contributed by atoms with van der Waals surface area (Å²) in [5, 5.41) is 0. The molecule has 0 atom stereocenters. The van der Waals surface area contributed by atoms with Gasteiger partial charge in [-0.1, -0.05) is 38.1 Å². The first-order valence-electron chi connectivity index (χ1n) is 8.38. The first-order chi connectivity index (χ1) is 12.0. The van der Waals surface area contributed by atoms with Crippen LogP contribution < -0.4 is 4.74 Å². The number of aromatic nitrogens is 2. The number of hydrogen-bond donors (Lipinski definition) is 0. The highest BCUT2D eigenvalue weighted by Gasteiger charge is 2.17. The van der Waals surface area contributed by atoms with Gasteiger partial charge in [-0.25, -0.2) is 9.37 Å². The van der Waals surface area contributed by atoms with Gasteiger partial charge < -0.3 is 14.0 Å². The minimum Gasteiger partial charge on any atom is -0.494 e. The van der Waals surface area contributed by atoms with Crippen molar-refractivity contribution in [3.8, 4) is 17.1 Å². The summed E-state index contributed by atoms with van der Waals surface area (Å²) < 4.78 is 26.5. The molecule has 4 nitrogen and oxygen atoms in total. The third kappa shape index (κ3) is 3.37. The van der Waals surface area contributed by atoms with E-state index in [1.54, 1.807) is 14.2 Å². The lowest BCUT2D eigenvalue weighted by atomic mass is 10.0. The van der Waals surface area contributed by atoms with E-state index in [1.165, 1.54) is 17.7 Å². The molecule has 0 radical (unpaired) electrons. The molecule has 1 aromatic heterocycles. The fraction of sp³-hybridized carbons (Fsp3) is 0.350. The third-order valence-electron chi connectivity index (χ3n) is 4.35. The van der Waals surface area contributed by atoms with Crippen LogP contribution in [0.2, 0.25) is 0 Å². The average Bonchev–Trinajstić information content (AvgIpc) is 2.97. The molecule has 132 valence electrons. The van der Waals surface area contributed by atoms with E-state index < -0.39 is 0 Å². The molecule has 5 heteroatoms. The van der Waals surface area contributed by atoms with Crippen molar-refractivity contribution in [3.63, 3.8) is 0 Å². The van der Waals surface area contributed by atoms with Crippen LogP contribution in [-0.4, -0.2) is 30.4 Å². The van der Waals surface area contributed by atoms with Gasteiger partial charge in [0.15, 0.2) is 0 Å². The molecular weight excluding hydrogens is 319 g/mol. The van der Waals surface area contributed by atoms with Crippen molar-refractivity contribution in [2.75, 3.05) is 20.8 Å². The predicted molar refractivity (Wildman–Crippen MR) is 97.6 cm³/mol. The first kappa shape index (κ1) is 17.4. The Balaban J connectivity index is 2.19. The maximum Gasteiger partial charge on any atom is 0.147 e. The van der Waals surface area contributed by atoms with Crippen molar-refractivity contribution in [1.29, 1.82) is 0 Å². The van der Waals surface area contributed by atoms with E-state index in [-0.39, 0.29) is 5.82 Å². The van der Waals surface area contributed by atoms with Crippen LogP contribution in [-0.2, 0) is 11.3 Å². The van der Waals surface area contributed by atoms with Gasteiger partial charge in [0, 0.05) is 31.4 Å². The zero-order valence-corrected chi connectivity index (χ0v) is 15.0. The van der Waals surface area contributed by atoms with Crippen LogP contribution in [0.4, 0.5) is 4.39 Å². The summed E-state index contributed by atoms with van der Waals surface area (Å²) in [4.78, 5) is 4.67. The summed E-state index contributed by atoms with van der Waals surface area (Å²) in [6, 6.07) is 11.2. The average molecular weight is 342 g/mol. The van der Waals surface area contributed by atoms with Gasteiger partial charge in [0.2, 0.25) is 0 Å². The lowest BCUT2D eigenvalue weighted by Crippen LogP contribution is -2.07. The number of halogens is 1. The number of methoxy groups -OCH3 is 2. The number of nitrogens with zero attached hydrogens (tertiary/aromatic N) is 2. The van der Waals surface area contributed by atoms with Crippen molar-refractivity contribution in [3.05, 3.63) is 47.8 Å². The monoisotopic (exact) mass is 342 g/mol. The van der Waals surface area contributed by atoms with Crippen LogP contribution in [0.1, 0.15) is 25.3 Å². The van der Waals surface area contributed by atoms with E-state index >= 15 is 0 Å². The van der Waals surface area contributed by atoms with Crippen LogP contribution in [0.3, 0.4) is 0 Å². The smallest absolute Gasteiger partial charge is 0.147 e. The van der Waals surface area contributed by atoms with Crippen molar-refractivity contribution in [2.45, 2.75) is 26.3 Å². The highest BCUT2D eigenvalue weighted by molar-refractivity contribution is 5.86. The van der Waals surface area contributed by atoms with E-state index in [0.717, 1.165) is 16.9 Å². The SMILES string of the molecule is COCCn1c(-c2ccc(C(C)C)cc2)nc2cc(F)cc(OC)c21. The Hall–Kier alpha value is -2.40. The number of rotatable bonds is 6. The number of ether oxygens (including phenoxy) is 2. The third-order valence-corrected chi connectivity index (χ3v) is 4.35. The second-order valence-electron chi connectivity index (χ2n) is 6.33. The van der Waals surface area contributed by atoms with Crippen LogP contribution in [0.5, 0.6) is 5.75 Å². The summed E-state index contributed by atoms with van der Waals surface area (Å²) in [5.41, 5.74) is 3.62. The molecule has 25 heavy (non-hydrogen) atoms. The molecule has 0 amide bonds. The Morgan fingerprint density at radius 3 is 2.44 bits per heavy atom. The van der Waals surface area contributed by atoms with E-state index in [4.69, 9.17) is 9.47 Å². The van der Waals surface area contributed by atoms with Gasteiger partial charge in [-0.2, -0.15) is 0 Å². The molecule has 3 rings (SSSR count). The van der Waals surface area contributed by atoms with Gasteiger partial charge in [0.1, 0.15) is 22.9 Å². The highest BCUT2D eigenvalue weighted by atomic mass is 19.1. The fourth-order valence-electron chi connectivity index (χ4n) is 2.99. The lowest BCUT2D eigenvalue weighted by Gasteiger charge is -2.12. The summed E-state index contributed by atoms with van der Waals surface area (Å²) in [6.07, 6.45) is 0. The number of hydrogen-bond acceptors (Lipinski definition) is 3. The molecular formula is C20H23FN2O2.